The predicted octanol–water partition coefficient (Wildman–Crippen LogP) is 6.23. The Morgan fingerprint density at radius 1 is 0.946 bits per heavy atom. The maximum absolute atomic E-state index is 13.3. The topological polar surface area (TPSA) is 34.2 Å². The number of hydrogen-bond acceptors (Lipinski definition) is 5. The van der Waals surface area contributed by atoms with Crippen molar-refractivity contribution in [1.82, 2.24) is 0 Å². The number of anilines is 2. The van der Waals surface area contributed by atoms with E-state index in [9.17, 15) is 30.7 Å². The molecule has 2 heterocycles. The summed E-state index contributed by atoms with van der Waals surface area (Å²) in [7, 11) is 0. The molecule has 2 aromatic carbocycles. The van der Waals surface area contributed by atoms with E-state index in [-0.39, 0.29) is 6.54 Å². The minimum Gasteiger partial charge on any atom is -0.428 e. The first kappa shape index (κ1) is 27.3. The largest absolute Gasteiger partial charge is 0.461 e. The molecule has 0 bridgehead atoms. The molecule has 2 aliphatic rings. The van der Waals surface area contributed by atoms with Crippen molar-refractivity contribution in [2.75, 3.05) is 42.6 Å². The standard InChI is InChI=1S/C25H27F7N2O3/c26-22(27)25(31,32)37-21-6-1-3-18(15-21)17-34(12-9-24(28,29)30)20-5-2-4-19(16-20)33-10-7-23(8-11-33)35-13-14-36-23/h1-6,15-16,22H,7-14,17H2. The second-order valence-electron chi connectivity index (χ2n) is 9.01. The van der Waals surface area contributed by atoms with Gasteiger partial charge in [-0.1, -0.05) is 18.2 Å². The van der Waals surface area contributed by atoms with Crippen LogP contribution in [0.1, 0.15) is 24.8 Å². The summed E-state index contributed by atoms with van der Waals surface area (Å²) < 4.78 is 107. The molecule has 37 heavy (non-hydrogen) atoms. The van der Waals surface area contributed by atoms with E-state index in [1.165, 1.54) is 17.0 Å². The Kier molecular flexibility index (Phi) is 8.08. The molecular weight excluding hydrogens is 509 g/mol. The molecule has 1 spiro atoms. The normalized spacial score (nSPS) is 18.0. The van der Waals surface area contributed by atoms with Crippen LogP contribution in [0.2, 0.25) is 0 Å². The number of alkyl halides is 7. The van der Waals surface area contributed by atoms with Crippen molar-refractivity contribution in [3.63, 3.8) is 0 Å². The number of rotatable bonds is 9. The smallest absolute Gasteiger partial charge is 0.428 e. The van der Waals surface area contributed by atoms with Gasteiger partial charge < -0.3 is 24.0 Å². The minimum absolute atomic E-state index is 0.0816. The average Bonchev–Trinajstić information content (AvgIpc) is 3.29. The van der Waals surface area contributed by atoms with Crippen molar-refractivity contribution in [3.05, 3.63) is 54.1 Å². The van der Waals surface area contributed by atoms with E-state index >= 15 is 0 Å². The number of hydrogen-bond donors (Lipinski definition) is 0. The van der Waals surface area contributed by atoms with Gasteiger partial charge in [-0.2, -0.15) is 30.7 Å². The lowest BCUT2D eigenvalue weighted by atomic mass is 10.0. The molecule has 0 unspecified atom stereocenters. The molecule has 0 atom stereocenters. The van der Waals surface area contributed by atoms with E-state index in [0.29, 0.717) is 50.4 Å². The lowest BCUT2D eigenvalue weighted by Gasteiger charge is -2.39. The fraction of sp³-hybridized carbons (Fsp3) is 0.520. The van der Waals surface area contributed by atoms with Gasteiger partial charge >= 0.3 is 18.7 Å². The Morgan fingerprint density at radius 3 is 2.27 bits per heavy atom. The lowest BCUT2D eigenvalue weighted by molar-refractivity contribution is -0.253. The van der Waals surface area contributed by atoms with Crippen LogP contribution in [0, 0.1) is 0 Å². The molecule has 0 saturated carbocycles. The Morgan fingerprint density at radius 2 is 1.62 bits per heavy atom. The van der Waals surface area contributed by atoms with Crippen LogP contribution in [0.25, 0.3) is 0 Å². The van der Waals surface area contributed by atoms with Crippen LogP contribution in [0.4, 0.5) is 42.1 Å². The first-order valence-corrected chi connectivity index (χ1v) is 11.8. The van der Waals surface area contributed by atoms with Gasteiger partial charge in [0.25, 0.3) is 0 Å². The number of nitrogens with zero attached hydrogens (tertiary/aromatic N) is 2. The van der Waals surface area contributed by atoms with Crippen molar-refractivity contribution >= 4 is 11.4 Å². The third-order valence-corrected chi connectivity index (χ3v) is 6.34. The van der Waals surface area contributed by atoms with Gasteiger partial charge in [-0.05, 0) is 35.9 Å². The SMILES string of the molecule is FC(F)C(F)(F)Oc1cccc(CN(CCC(F)(F)F)c2cccc(N3CCC4(CC3)OCCO4)c2)c1. The van der Waals surface area contributed by atoms with E-state index in [1.54, 1.807) is 18.2 Å². The molecule has 5 nitrogen and oxygen atoms in total. The molecule has 2 aliphatic heterocycles. The van der Waals surface area contributed by atoms with Crippen LogP contribution in [0.5, 0.6) is 5.75 Å². The average molecular weight is 536 g/mol. The van der Waals surface area contributed by atoms with Crippen LogP contribution in [0.3, 0.4) is 0 Å². The van der Waals surface area contributed by atoms with Crippen molar-refractivity contribution in [2.24, 2.45) is 0 Å². The number of halogens is 7. The highest BCUT2D eigenvalue weighted by Gasteiger charge is 2.44. The molecular formula is C25H27F7N2O3. The van der Waals surface area contributed by atoms with Gasteiger partial charge in [0.15, 0.2) is 5.79 Å². The van der Waals surface area contributed by atoms with Gasteiger partial charge in [0, 0.05) is 50.4 Å². The first-order valence-electron chi connectivity index (χ1n) is 11.8. The van der Waals surface area contributed by atoms with E-state index in [1.807, 2.05) is 6.07 Å². The molecule has 0 aliphatic carbocycles. The second-order valence-corrected chi connectivity index (χ2v) is 9.01. The molecule has 204 valence electrons. The monoisotopic (exact) mass is 536 g/mol. The summed E-state index contributed by atoms with van der Waals surface area (Å²) in [5.41, 5.74) is 1.64. The summed E-state index contributed by atoms with van der Waals surface area (Å²) >= 11 is 0. The van der Waals surface area contributed by atoms with Crippen molar-refractivity contribution in [3.8, 4) is 5.75 Å². The number of piperidine rings is 1. The van der Waals surface area contributed by atoms with Gasteiger partial charge in [-0.25, -0.2) is 0 Å². The number of benzene rings is 2. The Labute approximate surface area is 209 Å². The first-order chi connectivity index (χ1) is 17.4. The van der Waals surface area contributed by atoms with Crippen molar-refractivity contribution in [2.45, 2.75) is 50.3 Å². The van der Waals surface area contributed by atoms with Crippen LogP contribution >= 0.6 is 0 Å². The van der Waals surface area contributed by atoms with Gasteiger partial charge in [-0.15, -0.1) is 0 Å². The number of ether oxygens (including phenoxy) is 3. The van der Waals surface area contributed by atoms with Crippen molar-refractivity contribution in [1.29, 1.82) is 0 Å². The third kappa shape index (κ3) is 7.19. The lowest BCUT2D eigenvalue weighted by Crippen LogP contribution is -2.45. The highest BCUT2D eigenvalue weighted by Crippen LogP contribution is 2.35. The van der Waals surface area contributed by atoms with Gasteiger partial charge in [0.2, 0.25) is 0 Å². The maximum Gasteiger partial charge on any atom is 0.461 e. The van der Waals surface area contributed by atoms with E-state index in [4.69, 9.17) is 9.47 Å². The molecule has 2 saturated heterocycles. The summed E-state index contributed by atoms with van der Waals surface area (Å²) in [6.07, 6.45) is -12.9. The van der Waals surface area contributed by atoms with Gasteiger partial charge in [0.05, 0.1) is 19.6 Å². The molecule has 0 aromatic heterocycles. The molecule has 12 heteroatoms. The summed E-state index contributed by atoms with van der Waals surface area (Å²) in [5, 5.41) is 0. The van der Waals surface area contributed by atoms with Crippen molar-refractivity contribution < 1.29 is 44.9 Å². The predicted molar refractivity (Wildman–Crippen MR) is 122 cm³/mol. The summed E-state index contributed by atoms with van der Waals surface area (Å²) in [6, 6.07) is 12.1. The Balaban J connectivity index is 1.51. The van der Waals surface area contributed by atoms with E-state index in [0.717, 1.165) is 17.8 Å². The Bertz CT molecular complexity index is 1030. The highest BCUT2D eigenvalue weighted by molar-refractivity contribution is 5.60. The Hall–Kier alpha value is -2.73. The van der Waals surface area contributed by atoms with Crippen LogP contribution in [-0.4, -0.2) is 57.3 Å². The zero-order chi connectivity index (χ0) is 26.7. The molecule has 4 rings (SSSR count). The minimum atomic E-state index is -4.69. The quantitative estimate of drug-likeness (QED) is 0.355. The maximum atomic E-state index is 13.3. The van der Waals surface area contributed by atoms with E-state index < -0.39 is 43.2 Å². The summed E-state index contributed by atoms with van der Waals surface area (Å²) in [4.78, 5) is 3.57. The molecule has 2 fully saturated rings. The molecule has 2 aromatic rings. The highest BCUT2D eigenvalue weighted by atomic mass is 19.4. The molecule has 0 radical (unpaired) electrons. The zero-order valence-electron chi connectivity index (χ0n) is 19.8. The summed E-state index contributed by atoms with van der Waals surface area (Å²) in [6.45, 7) is 1.91. The molecule has 0 amide bonds. The fourth-order valence-electron chi connectivity index (χ4n) is 4.47. The second kappa shape index (κ2) is 10.9. The van der Waals surface area contributed by atoms with Gasteiger partial charge in [-0.3, -0.25) is 0 Å². The summed E-state index contributed by atoms with van der Waals surface area (Å²) in [5.74, 6) is -1.08. The zero-order valence-corrected chi connectivity index (χ0v) is 19.8. The van der Waals surface area contributed by atoms with Crippen LogP contribution in [-0.2, 0) is 16.0 Å². The molecule has 0 N–H and O–H groups in total. The van der Waals surface area contributed by atoms with Crippen LogP contribution < -0.4 is 14.5 Å². The third-order valence-electron chi connectivity index (χ3n) is 6.34. The van der Waals surface area contributed by atoms with Crippen LogP contribution in [0.15, 0.2) is 48.5 Å². The van der Waals surface area contributed by atoms with E-state index in [2.05, 4.69) is 9.64 Å². The van der Waals surface area contributed by atoms with Gasteiger partial charge in [0.1, 0.15) is 5.75 Å². The fourth-order valence-corrected chi connectivity index (χ4v) is 4.47.